The van der Waals surface area contributed by atoms with Gasteiger partial charge in [-0.05, 0) is 6.42 Å². The van der Waals surface area contributed by atoms with Crippen molar-refractivity contribution in [2.75, 3.05) is 0 Å². The SMILES string of the molecule is [C-]#[N+]C1CCCC([N+]#[C-])C1. The summed E-state index contributed by atoms with van der Waals surface area (Å²) in [5.41, 5.74) is 0. The third-order valence-corrected chi connectivity index (χ3v) is 1.98. The molecule has 2 nitrogen and oxygen atoms in total. The van der Waals surface area contributed by atoms with E-state index in [-0.39, 0.29) is 12.1 Å². The Balaban J connectivity index is 2.43. The molecule has 10 heavy (non-hydrogen) atoms. The quantitative estimate of drug-likeness (QED) is 0.449. The summed E-state index contributed by atoms with van der Waals surface area (Å²) in [5.74, 6) is 0. The normalized spacial score (nSPS) is 32.2. The van der Waals surface area contributed by atoms with Gasteiger partial charge in [-0.3, -0.25) is 0 Å². The highest BCUT2D eigenvalue weighted by atomic mass is 14.8. The molecule has 0 aromatic heterocycles. The molecule has 0 aromatic carbocycles. The van der Waals surface area contributed by atoms with Gasteiger partial charge in [0.25, 0.3) is 0 Å². The van der Waals surface area contributed by atoms with Gasteiger partial charge in [-0.1, -0.05) is 0 Å². The summed E-state index contributed by atoms with van der Waals surface area (Å²) >= 11 is 0. The Morgan fingerprint density at radius 1 is 1.00 bits per heavy atom. The highest BCUT2D eigenvalue weighted by Gasteiger charge is 2.28. The Morgan fingerprint density at radius 3 is 1.90 bits per heavy atom. The van der Waals surface area contributed by atoms with Crippen LogP contribution in [-0.2, 0) is 0 Å². The summed E-state index contributed by atoms with van der Waals surface area (Å²) in [6.45, 7) is 13.6. The molecule has 0 bridgehead atoms. The molecule has 1 rings (SSSR count). The van der Waals surface area contributed by atoms with Crippen LogP contribution in [0.15, 0.2) is 0 Å². The summed E-state index contributed by atoms with van der Waals surface area (Å²) in [7, 11) is 0. The molecule has 2 atom stereocenters. The molecule has 1 aliphatic rings. The maximum Gasteiger partial charge on any atom is 0.231 e. The highest BCUT2D eigenvalue weighted by Crippen LogP contribution is 2.23. The predicted molar refractivity (Wildman–Crippen MR) is 39.2 cm³/mol. The van der Waals surface area contributed by atoms with E-state index in [0.29, 0.717) is 0 Å². The van der Waals surface area contributed by atoms with Gasteiger partial charge < -0.3 is 9.69 Å². The minimum atomic E-state index is 0.146. The van der Waals surface area contributed by atoms with Crippen LogP contribution in [0.1, 0.15) is 25.7 Å². The van der Waals surface area contributed by atoms with Crippen LogP contribution in [0.3, 0.4) is 0 Å². The van der Waals surface area contributed by atoms with E-state index in [1.54, 1.807) is 0 Å². The zero-order chi connectivity index (χ0) is 7.40. The minimum absolute atomic E-state index is 0.146. The zero-order valence-corrected chi connectivity index (χ0v) is 5.88. The lowest BCUT2D eigenvalue weighted by molar-refractivity contribution is 0.459. The van der Waals surface area contributed by atoms with Crippen LogP contribution in [0.5, 0.6) is 0 Å². The van der Waals surface area contributed by atoms with Crippen molar-refractivity contribution in [3.8, 4) is 0 Å². The van der Waals surface area contributed by atoms with Crippen LogP contribution in [-0.4, -0.2) is 12.1 Å². The lowest BCUT2D eigenvalue weighted by atomic mass is 9.92. The van der Waals surface area contributed by atoms with Gasteiger partial charge in [0.1, 0.15) is 0 Å². The first-order valence-corrected chi connectivity index (χ1v) is 3.60. The van der Waals surface area contributed by atoms with Crippen LogP contribution in [0.25, 0.3) is 9.69 Å². The maximum absolute atomic E-state index is 6.78. The van der Waals surface area contributed by atoms with E-state index in [0.717, 1.165) is 25.7 Å². The molecule has 0 aliphatic heterocycles. The zero-order valence-electron chi connectivity index (χ0n) is 5.88. The van der Waals surface area contributed by atoms with E-state index in [1.807, 2.05) is 0 Å². The van der Waals surface area contributed by atoms with Gasteiger partial charge in [-0.25, -0.2) is 13.1 Å². The molecule has 1 aliphatic carbocycles. The Bertz CT molecular complexity index is 164. The molecule has 0 N–H and O–H groups in total. The highest BCUT2D eigenvalue weighted by molar-refractivity contribution is 4.93. The molecule has 0 spiro atoms. The Morgan fingerprint density at radius 2 is 1.50 bits per heavy atom. The van der Waals surface area contributed by atoms with Gasteiger partial charge in [0, 0.05) is 12.8 Å². The first-order chi connectivity index (χ1) is 4.86. The van der Waals surface area contributed by atoms with Gasteiger partial charge in [0.05, 0.1) is 6.42 Å². The van der Waals surface area contributed by atoms with Crippen LogP contribution >= 0.6 is 0 Å². The standard InChI is InChI=1S/C8H10N2/c1-9-7-4-3-5-8(6-7)10-2/h7-8H,3-6H2. The minimum Gasteiger partial charge on any atom is -0.313 e. The van der Waals surface area contributed by atoms with E-state index >= 15 is 0 Å². The van der Waals surface area contributed by atoms with E-state index in [4.69, 9.17) is 13.1 Å². The molecular formula is C8H10N2. The van der Waals surface area contributed by atoms with Crippen molar-refractivity contribution in [3.63, 3.8) is 0 Å². The second-order valence-electron chi connectivity index (χ2n) is 2.73. The fourth-order valence-corrected chi connectivity index (χ4v) is 1.37. The molecule has 0 aromatic rings. The van der Waals surface area contributed by atoms with Crippen LogP contribution in [0.2, 0.25) is 0 Å². The maximum atomic E-state index is 6.78. The van der Waals surface area contributed by atoms with Crippen LogP contribution < -0.4 is 0 Å². The van der Waals surface area contributed by atoms with Gasteiger partial charge in [0.15, 0.2) is 0 Å². The molecule has 2 unspecified atom stereocenters. The Kier molecular flexibility index (Phi) is 2.29. The van der Waals surface area contributed by atoms with Crippen molar-refractivity contribution in [2.24, 2.45) is 0 Å². The third-order valence-electron chi connectivity index (χ3n) is 1.98. The number of nitrogens with zero attached hydrogens (tertiary/aromatic N) is 2. The van der Waals surface area contributed by atoms with Crippen molar-refractivity contribution >= 4 is 0 Å². The molecule has 0 saturated heterocycles. The van der Waals surface area contributed by atoms with Gasteiger partial charge in [0.2, 0.25) is 12.1 Å². The first kappa shape index (κ1) is 7.09. The summed E-state index contributed by atoms with van der Waals surface area (Å²) in [5, 5.41) is 0. The number of hydrogen-bond acceptors (Lipinski definition) is 0. The van der Waals surface area contributed by atoms with Gasteiger partial charge in [-0.2, -0.15) is 0 Å². The summed E-state index contributed by atoms with van der Waals surface area (Å²) in [6.07, 6.45) is 3.90. The second kappa shape index (κ2) is 3.22. The lowest BCUT2D eigenvalue weighted by Crippen LogP contribution is -2.18. The van der Waals surface area contributed by atoms with Crippen molar-refractivity contribution in [2.45, 2.75) is 37.8 Å². The van der Waals surface area contributed by atoms with E-state index in [2.05, 4.69) is 9.69 Å². The van der Waals surface area contributed by atoms with E-state index in [1.165, 1.54) is 0 Å². The molecule has 0 amide bonds. The van der Waals surface area contributed by atoms with E-state index in [9.17, 15) is 0 Å². The molecule has 0 heterocycles. The van der Waals surface area contributed by atoms with Crippen molar-refractivity contribution < 1.29 is 0 Å². The monoisotopic (exact) mass is 134 g/mol. The lowest BCUT2D eigenvalue weighted by Gasteiger charge is -2.12. The molecule has 1 fully saturated rings. The summed E-state index contributed by atoms with van der Waals surface area (Å²) < 4.78 is 0. The predicted octanol–water partition coefficient (Wildman–Crippen LogP) is 2.14. The third kappa shape index (κ3) is 1.48. The van der Waals surface area contributed by atoms with Crippen molar-refractivity contribution in [1.82, 2.24) is 0 Å². The molecule has 1 saturated carbocycles. The largest absolute Gasteiger partial charge is 0.313 e. The molecule has 52 valence electrons. The fraction of sp³-hybridized carbons (Fsp3) is 0.750. The summed E-state index contributed by atoms with van der Waals surface area (Å²) in [4.78, 5) is 6.90. The van der Waals surface area contributed by atoms with Crippen LogP contribution in [0, 0.1) is 13.1 Å². The van der Waals surface area contributed by atoms with Crippen molar-refractivity contribution in [1.29, 1.82) is 0 Å². The molecule has 2 heteroatoms. The average Bonchev–Trinajstić information content (AvgIpc) is 2.05. The van der Waals surface area contributed by atoms with Crippen LogP contribution in [0.4, 0.5) is 0 Å². The Hall–Kier alpha value is -1.02. The molecule has 0 radical (unpaired) electrons. The van der Waals surface area contributed by atoms with E-state index < -0.39 is 0 Å². The Labute approximate surface area is 61.5 Å². The number of hydrogen-bond donors (Lipinski definition) is 0. The topological polar surface area (TPSA) is 8.72 Å². The van der Waals surface area contributed by atoms with Gasteiger partial charge >= 0.3 is 0 Å². The summed E-state index contributed by atoms with van der Waals surface area (Å²) in [6, 6.07) is 0.292. The average molecular weight is 134 g/mol. The fourth-order valence-electron chi connectivity index (χ4n) is 1.37. The molecular weight excluding hydrogens is 124 g/mol. The second-order valence-corrected chi connectivity index (χ2v) is 2.73. The van der Waals surface area contributed by atoms with Gasteiger partial charge in [-0.15, -0.1) is 0 Å². The smallest absolute Gasteiger partial charge is 0.231 e. The first-order valence-electron chi connectivity index (χ1n) is 3.60. The van der Waals surface area contributed by atoms with Crippen molar-refractivity contribution in [3.05, 3.63) is 22.8 Å². The number of rotatable bonds is 0.